The van der Waals surface area contributed by atoms with Crippen molar-refractivity contribution in [3.8, 4) is 0 Å². The van der Waals surface area contributed by atoms with E-state index in [0.717, 1.165) is 65.3 Å². The first-order chi connectivity index (χ1) is 18.4. The molecule has 0 amide bonds. The molecule has 0 unspecified atom stereocenters. The first-order valence-corrected chi connectivity index (χ1v) is 13.0. The van der Waals surface area contributed by atoms with E-state index in [1.54, 1.807) is 24.5 Å². The highest BCUT2D eigenvalue weighted by Crippen LogP contribution is 2.29. The number of carbonyl (C=O) groups excluding carboxylic acids is 1. The van der Waals surface area contributed by atoms with Gasteiger partial charge >= 0.3 is 0 Å². The number of nitrogens with one attached hydrogen (secondary N) is 1. The minimum absolute atomic E-state index is 0.0249. The van der Waals surface area contributed by atoms with Gasteiger partial charge in [0.1, 0.15) is 0 Å². The molecule has 1 fully saturated rings. The number of piperazine rings is 1. The molecular weight excluding hydrogens is 470 g/mol. The van der Waals surface area contributed by atoms with Crippen LogP contribution in [0.5, 0.6) is 0 Å². The lowest BCUT2D eigenvalue weighted by Crippen LogP contribution is -2.44. The highest BCUT2D eigenvalue weighted by Gasteiger charge is 2.18. The fourth-order valence-electron chi connectivity index (χ4n) is 4.95. The second kappa shape index (κ2) is 11.5. The molecule has 3 heterocycles. The number of hydrogen-bond acceptors (Lipinski definition) is 6. The molecule has 38 heavy (non-hydrogen) atoms. The average Bonchev–Trinajstić information content (AvgIpc) is 3.05. The lowest BCUT2D eigenvalue weighted by molar-refractivity contribution is -0.110. The smallest absolute Gasteiger partial charge is 0.178 e. The molecule has 1 N–H and O–H groups in total. The number of fused-ring (bicyclic) bond motifs is 1. The number of ketones is 1. The molecule has 3 aliphatic rings. The highest BCUT2D eigenvalue weighted by atomic mass is 16.1. The van der Waals surface area contributed by atoms with Gasteiger partial charge in [-0.2, -0.15) is 0 Å². The number of benzene rings is 1. The lowest BCUT2D eigenvalue weighted by atomic mass is 9.90. The number of aromatic nitrogens is 1. The summed E-state index contributed by atoms with van der Waals surface area (Å²) in [6, 6.07) is 12.2. The van der Waals surface area contributed by atoms with Crippen LogP contribution in [0.1, 0.15) is 24.0 Å². The van der Waals surface area contributed by atoms with Crippen molar-refractivity contribution >= 4 is 22.9 Å². The summed E-state index contributed by atoms with van der Waals surface area (Å²) in [6.45, 7) is 8.46. The number of anilines is 1. The Hall–Kier alpha value is -4.16. The van der Waals surface area contributed by atoms with Crippen molar-refractivity contribution in [3.63, 3.8) is 0 Å². The van der Waals surface area contributed by atoms with E-state index in [1.807, 2.05) is 36.5 Å². The molecule has 1 aromatic heterocycles. The Balaban J connectivity index is 1.30. The van der Waals surface area contributed by atoms with E-state index in [9.17, 15) is 4.79 Å². The molecule has 1 saturated heterocycles. The summed E-state index contributed by atoms with van der Waals surface area (Å²) in [5.41, 5.74) is 8.29. The molecule has 0 spiro atoms. The Bertz CT molecular complexity index is 1390. The van der Waals surface area contributed by atoms with Gasteiger partial charge in [-0.1, -0.05) is 24.3 Å². The van der Waals surface area contributed by atoms with Gasteiger partial charge in [0.05, 0.1) is 5.71 Å². The van der Waals surface area contributed by atoms with Crippen LogP contribution in [0, 0.1) is 5.41 Å². The number of hydrogen-bond donors (Lipinski definition) is 1. The number of aliphatic imine (C=N–C) groups is 1. The second-order valence-corrected chi connectivity index (χ2v) is 10.1. The molecule has 0 radical (unpaired) electrons. The van der Waals surface area contributed by atoms with Crippen LogP contribution in [0.3, 0.4) is 0 Å². The van der Waals surface area contributed by atoms with E-state index in [2.05, 4.69) is 46.6 Å². The maximum absolute atomic E-state index is 12.5. The summed E-state index contributed by atoms with van der Waals surface area (Å²) in [4.78, 5) is 26.0. The molecule has 0 bridgehead atoms. The highest BCUT2D eigenvalue weighted by molar-refractivity contribution is 6.18. The van der Waals surface area contributed by atoms with Crippen LogP contribution in [0.4, 0.5) is 5.69 Å². The average molecular weight is 504 g/mol. The zero-order valence-corrected chi connectivity index (χ0v) is 21.9. The molecular formula is C32H33N5O. The largest absolute Gasteiger partial charge is 0.369 e. The predicted molar refractivity (Wildman–Crippen MR) is 155 cm³/mol. The van der Waals surface area contributed by atoms with Gasteiger partial charge in [0.25, 0.3) is 0 Å². The first-order valence-electron chi connectivity index (χ1n) is 13.0. The summed E-state index contributed by atoms with van der Waals surface area (Å²) in [5, 5.41) is 8.77. The predicted octanol–water partition coefficient (Wildman–Crippen LogP) is 5.11. The summed E-state index contributed by atoms with van der Waals surface area (Å²) in [6.07, 6.45) is 14.3. The van der Waals surface area contributed by atoms with Gasteiger partial charge in [0, 0.05) is 62.6 Å². The molecule has 6 nitrogen and oxygen atoms in total. The van der Waals surface area contributed by atoms with Crippen LogP contribution in [0.2, 0.25) is 0 Å². The van der Waals surface area contributed by atoms with Gasteiger partial charge in [-0.15, -0.1) is 0 Å². The van der Waals surface area contributed by atoms with Crippen molar-refractivity contribution < 1.29 is 4.79 Å². The van der Waals surface area contributed by atoms with Gasteiger partial charge in [-0.3, -0.25) is 14.8 Å². The van der Waals surface area contributed by atoms with Gasteiger partial charge in [-0.05, 0) is 96.3 Å². The number of pyridine rings is 1. The Kier molecular flexibility index (Phi) is 7.70. The van der Waals surface area contributed by atoms with Gasteiger partial charge in [-0.25, -0.2) is 0 Å². The summed E-state index contributed by atoms with van der Waals surface area (Å²) < 4.78 is 0. The topological polar surface area (TPSA) is 72.6 Å². The maximum Gasteiger partial charge on any atom is 0.178 e. The van der Waals surface area contributed by atoms with Crippen molar-refractivity contribution in [1.82, 2.24) is 9.88 Å². The maximum atomic E-state index is 12.5. The van der Waals surface area contributed by atoms with Crippen LogP contribution in [-0.2, 0) is 11.2 Å². The van der Waals surface area contributed by atoms with E-state index >= 15 is 0 Å². The Labute approximate surface area is 224 Å². The fraction of sp³-hybridized carbons (Fsp3) is 0.250. The van der Waals surface area contributed by atoms with Crippen LogP contribution in [-0.4, -0.2) is 60.3 Å². The molecule has 1 aliphatic carbocycles. The summed E-state index contributed by atoms with van der Waals surface area (Å²) in [5.74, 6) is -0.0249. The zero-order chi connectivity index (χ0) is 26.5. The first kappa shape index (κ1) is 25.5. The number of likely N-dealkylation sites (N-methyl/N-ethyl adjacent to an activating group) is 1. The van der Waals surface area contributed by atoms with E-state index < -0.39 is 0 Å². The monoisotopic (exact) mass is 503 g/mol. The molecule has 6 heteroatoms. The van der Waals surface area contributed by atoms with Crippen LogP contribution in [0.15, 0.2) is 113 Å². The van der Waals surface area contributed by atoms with E-state index in [-0.39, 0.29) is 5.78 Å². The fourth-order valence-corrected chi connectivity index (χ4v) is 4.95. The van der Waals surface area contributed by atoms with Crippen molar-refractivity contribution in [1.29, 1.82) is 5.41 Å². The Morgan fingerprint density at radius 3 is 2.47 bits per heavy atom. The zero-order valence-electron chi connectivity index (χ0n) is 21.9. The standard InChI is InChI=1S/C32H33N5O/c1-23-17-28-19-25(18-24-9-11-34-12-10-24)20-30(38)8-5-27(28)22-35-32(23)21-31(33)26-3-6-29(7-4-26)37-15-13-36(2)14-16-37/h3-12,17,20,22,33H,1,13-16,18-19,21H2,2H3. The van der Waals surface area contributed by atoms with Crippen LogP contribution in [0.25, 0.3) is 0 Å². The van der Waals surface area contributed by atoms with Gasteiger partial charge < -0.3 is 15.2 Å². The molecule has 2 aliphatic heterocycles. The van der Waals surface area contributed by atoms with Gasteiger partial charge in [0.15, 0.2) is 5.78 Å². The van der Waals surface area contributed by atoms with E-state index in [1.165, 1.54) is 5.69 Å². The normalized spacial score (nSPS) is 18.4. The quantitative estimate of drug-likeness (QED) is 0.556. The minimum Gasteiger partial charge on any atom is -0.369 e. The molecule has 0 saturated carbocycles. The summed E-state index contributed by atoms with van der Waals surface area (Å²) >= 11 is 0. The minimum atomic E-state index is -0.0249. The number of nitrogens with zero attached hydrogens (tertiary/aromatic N) is 4. The molecule has 0 atom stereocenters. The third-order valence-corrected chi connectivity index (χ3v) is 7.25. The van der Waals surface area contributed by atoms with Crippen molar-refractivity contribution in [2.45, 2.75) is 19.3 Å². The van der Waals surface area contributed by atoms with Crippen LogP contribution >= 0.6 is 0 Å². The molecule has 5 rings (SSSR count). The number of rotatable bonds is 6. The third-order valence-electron chi connectivity index (χ3n) is 7.25. The molecule has 192 valence electrons. The third kappa shape index (κ3) is 6.21. The van der Waals surface area contributed by atoms with E-state index in [0.29, 0.717) is 25.0 Å². The number of allylic oxidation sites excluding steroid dienone is 8. The molecule has 1 aromatic carbocycles. The van der Waals surface area contributed by atoms with Crippen molar-refractivity contribution in [2.75, 3.05) is 38.1 Å². The Morgan fingerprint density at radius 2 is 1.74 bits per heavy atom. The lowest BCUT2D eigenvalue weighted by Gasteiger charge is -2.34. The number of carbonyl (C=O) groups is 1. The Morgan fingerprint density at radius 1 is 1.00 bits per heavy atom. The second-order valence-electron chi connectivity index (χ2n) is 10.1. The van der Waals surface area contributed by atoms with Crippen molar-refractivity contribution in [2.24, 2.45) is 4.99 Å². The van der Waals surface area contributed by atoms with Crippen LogP contribution < -0.4 is 4.90 Å². The van der Waals surface area contributed by atoms with E-state index in [4.69, 9.17) is 10.4 Å². The molecule has 2 aromatic rings. The SMILES string of the molecule is C=C1C=C2CC(Cc3ccncc3)=CC(=O)C=CC2=CN=C1CC(=N)c1ccc(N2CCN(C)CC2)cc1. The van der Waals surface area contributed by atoms with Gasteiger partial charge in [0.2, 0.25) is 0 Å². The summed E-state index contributed by atoms with van der Waals surface area (Å²) in [7, 11) is 2.16. The van der Waals surface area contributed by atoms with Crippen molar-refractivity contribution in [3.05, 3.63) is 119 Å².